The van der Waals surface area contributed by atoms with Crippen LogP contribution in [0.25, 0.3) is 0 Å². The lowest BCUT2D eigenvalue weighted by Crippen LogP contribution is -2.28. The van der Waals surface area contributed by atoms with Crippen LogP contribution in [0.2, 0.25) is 0 Å². The molecule has 1 aromatic rings. The minimum absolute atomic E-state index is 0.174. The average Bonchev–Trinajstić information content (AvgIpc) is 2.53. The maximum atomic E-state index is 12.3. The molecule has 8 heteroatoms. The van der Waals surface area contributed by atoms with Gasteiger partial charge in [-0.1, -0.05) is 0 Å². The predicted molar refractivity (Wildman–Crippen MR) is 89.1 cm³/mol. The number of nitrogens with two attached hydrogens (primary N) is 1. The van der Waals surface area contributed by atoms with Crippen molar-refractivity contribution in [3.05, 3.63) is 29.8 Å². The summed E-state index contributed by atoms with van der Waals surface area (Å²) in [7, 11) is -3.10. The minimum Gasteiger partial charge on any atom is -0.493 e. The van der Waals surface area contributed by atoms with Gasteiger partial charge in [0.05, 0.1) is 26.0 Å². The Kier molecular flexibility index (Phi) is 8.87. The van der Waals surface area contributed by atoms with E-state index in [1.807, 2.05) is 0 Å². The van der Waals surface area contributed by atoms with Gasteiger partial charge in [-0.15, -0.1) is 0 Å². The molecule has 23 heavy (non-hydrogen) atoms. The van der Waals surface area contributed by atoms with E-state index in [1.165, 1.54) is 0 Å². The fraction of sp³-hybridized carbons (Fsp3) is 0.533. The fourth-order valence-electron chi connectivity index (χ4n) is 1.83. The van der Waals surface area contributed by atoms with Crippen LogP contribution in [-0.4, -0.2) is 45.0 Å². The molecule has 0 unspecified atom stereocenters. The first-order valence-corrected chi connectivity index (χ1v) is 9.36. The summed E-state index contributed by atoms with van der Waals surface area (Å²) in [4.78, 5) is 11.7. The normalized spacial score (nSPS) is 11.3. The summed E-state index contributed by atoms with van der Waals surface area (Å²) in [6, 6.07) is 6.69. The highest BCUT2D eigenvalue weighted by atomic mass is 31.2. The summed E-state index contributed by atoms with van der Waals surface area (Å²) in [5.41, 5.74) is 5.86. The molecule has 130 valence electrons. The summed E-state index contributed by atoms with van der Waals surface area (Å²) >= 11 is 0. The number of rotatable bonds is 11. The highest BCUT2D eigenvalue weighted by Gasteiger charge is 2.23. The number of carbonyl (C=O) groups excluding carboxylic acids is 1. The first-order valence-electron chi connectivity index (χ1n) is 7.64. The molecule has 0 aliphatic carbocycles. The molecule has 1 aromatic carbocycles. The van der Waals surface area contributed by atoms with Crippen molar-refractivity contribution in [3.8, 4) is 5.75 Å². The van der Waals surface area contributed by atoms with E-state index in [2.05, 4.69) is 5.32 Å². The average molecular weight is 344 g/mol. The number of benzene rings is 1. The fourth-order valence-corrected chi connectivity index (χ4v) is 3.26. The molecule has 0 saturated heterocycles. The van der Waals surface area contributed by atoms with Gasteiger partial charge in [0.1, 0.15) is 5.75 Å². The number of ether oxygens (including phenoxy) is 1. The quantitative estimate of drug-likeness (QED) is 0.596. The molecule has 0 aliphatic rings. The molecular weight excluding hydrogens is 319 g/mol. The van der Waals surface area contributed by atoms with Gasteiger partial charge in [-0.2, -0.15) is 0 Å². The SMILES string of the molecule is CCOP(=O)(CCOc1ccc(C(=O)NCCN)cc1)OCC. The van der Waals surface area contributed by atoms with Crippen molar-refractivity contribution < 1.29 is 23.1 Å². The van der Waals surface area contributed by atoms with Gasteiger partial charge < -0.3 is 24.8 Å². The van der Waals surface area contributed by atoms with Gasteiger partial charge in [0.15, 0.2) is 0 Å². The first-order chi connectivity index (χ1) is 11.0. The van der Waals surface area contributed by atoms with Crippen LogP contribution < -0.4 is 15.8 Å². The summed E-state index contributed by atoms with van der Waals surface area (Å²) in [6.45, 7) is 5.21. The number of hydrogen-bond acceptors (Lipinski definition) is 6. The van der Waals surface area contributed by atoms with Crippen LogP contribution in [0.15, 0.2) is 24.3 Å². The molecule has 0 aliphatic heterocycles. The third-order valence-corrected chi connectivity index (χ3v) is 4.87. The first kappa shape index (κ1) is 19.6. The van der Waals surface area contributed by atoms with Crippen molar-refractivity contribution in [2.45, 2.75) is 13.8 Å². The van der Waals surface area contributed by atoms with Gasteiger partial charge >= 0.3 is 7.60 Å². The van der Waals surface area contributed by atoms with E-state index in [-0.39, 0.29) is 18.7 Å². The number of carbonyl (C=O) groups is 1. The van der Waals surface area contributed by atoms with Gasteiger partial charge in [-0.25, -0.2) is 0 Å². The molecule has 1 amide bonds. The van der Waals surface area contributed by atoms with E-state index >= 15 is 0 Å². The van der Waals surface area contributed by atoms with Gasteiger partial charge in [0, 0.05) is 18.7 Å². The Hall–Kier alpha value is -1.40. The Balaban J connectivity index is 2.49. The van der Waals surface area contributed by atoms with E-state index in [0.29, 0.717) is 37.6 Å². The van der Waals surface area contributed by atoms with Crippen molar-refractivity contribution in [2.24, 2.45) is 5.73 Å². The van der Waals surface area contributed by atoms with Crippen molar-refractivity contribution in [1.29, 1.82) is 0 Å². The van der Waals surface area contributed by atoms with Gasteiger partial charge in [-0.05, 0) is 38.1 Å². The van der Waals surface area contributed by atoms with Crippen molar-refractivity contribution in [1.82, 2.24) is 5.32 Å². The Bertz CT molecular complexity index is 511. The monoisotopic (exact) mass is 344 g/mol. The van der Waals surface area contributed by atoms with Crippen LogP contribution in [0.1, 0.15) is 24.2 Å². The highest BCUT2D eigenvalue weighted by molar-refractivity contribution is 7.53. The second-order valence-corrected chi connectivity index (χ2v) is 6.77. The van der Waals surface area contributed by atoms with E-state index < -0.39 is 7.60 Å². The molecule has 0 atom stereocenters. The largest absolute Gasteiger partial charge is 0.493 e. The lowest BCUT2D eigenvalue weighted by Gasteiger charge is -2.17. The molecule has 0 aromatic heterocycles. The van der Waals surface area contributed by atoms with Crippen LogP contribution in [-0.2, 0) is 13.6 Å². The second-order valence-electron chi connectivity index (χ2n) is 4.59. The Labute approximate surface area is 137 Å². The molecule has 0 fully saturated rings. The van der Waals surface area contributed by atoms with E-state index in [9.17, 15) is 9.36 Å². The Morgan fingerprint density at radius 1 is 1.17 bits per heavy atom. The third kappa shape index (κ3) is 7.14. The Morgan fingerprint density at radius 3 is 2.30 bits per heavy atom. The zero-order chi connectivity index (χ0) is 17.1. The zero-order valence-corrected chi connectivity index (χ0v) is 14.5. The summed E-state index contributed by atoms with van der Waals surface area (Å²) < 4.78 is 28.2. The van der Waals surface area contributed by atoms with Gasteiger partial charge in [0.2, 0.25) is 0 Å². The summed E-state index contributed by atoms with van der Waals surface area (Å²) in [5.74, 6) is 0.402. The molecule has 0 heterocycles. The topological polar surface area (TPSA) is 99.9 Å². The highest BCUT2D eigenvalue weighted by Crippen LogP contribution is 2.47. The molecule has 0 spiro atoms. The molecule has 1 rings (SSSR count). The van der Waals surface area contributed by atoms with Crippen molar-refractivity contribution in [3.63, 3.8) is 0 Å². The predicted octanol–water partition coefficient (Wildman–Crippen LogP) is 2.02. The zero-order valence-electron chi connectivity index (χ0n) is 13.6. The number of hydrogen-bond donors (Lipinski definition) is 2. The van der Waals surface area contributed by atoms with Crippen LogP contribution in [0, 0.1) is 0 Å². The van der Waals surface area contributed by atoms with E-state index in [0.717, 1.165) is 0 Å². The van der Waals surface area contributed by atoms with Crippen LogP contribution in [0.3, 0.4) is 0 Å². The minimum atomic E-state index is -3.10. The van der Waals surface area contributed by atoms with Crippen LogP contribution in [0.4, 0.5) is 0 Å². The van der Waals surface area contributed by atoms with Crippen LogP contribution in [0.5, 0.6) is 5.75 Å². The number of nitrogens with one attached hydrogen (secondary N) is 1. The molecule has 0 bridgehead atoms. The lowest BCUT2D eigenvalue weighted by molar-refractivity contribution is 0.0954. The van der Waals surface area contributed by atoms with Crippen LogP contribution >= 0.6 is 7.60 Å². The molecule has 3 N–H and O–H groups in total. The summed E-state index contributed by atoms with van der Waals surface area (Å²) in [5, 5.41) is 2.68. The molecule has 7 nitrogen and oxygen atoms in total. The van der Waals surface area contributed by atoms with Crippen molar-refractivity contribution >= 4 is 13.5 Å². The smallest absolute Gasteiger partial charge is 0.334 e. The number of amides is 1. The lowest BCUT2D eigenvalue weighted by atomic mass is 10.2. The second kappa shape index (κ2) is 10.4. The van der Waals surface area contributed by atoms with Gasteiger partial charge in [-0.3, -0.25) is 9.36 Å². The standard InChI is InChI=1S/C15H25N2O5P/c1-3-21-23(19,22-4-2)12-11-20-14-7-5-13(6-8-14)15(18)17-10-9-16/h5-8H,3-4,9-12,16H2,1-2H3,(H,17,18). The van der Waals surface area contributed by atoms with E-state index in [4.69, 9.17) is 19.5 Å². The molecule has 0 radical (unpaired) electrons. The van der Waals surface area contributed by atoms with Crippen molar-refractivity contribution in [2.75, 3.05) is 39.1 Å². The maximum Gasteiger partial charge on any atom is 0.334 e. The molecule has 0 saturated carbocycles. The van der Waals surface area contributed by atoms with Gasteiger partial charge in [0.25, 0.3) is 5.91 Å². The van der Waals surface area contributed by atoms with E-state index in [1.54, 1.807) is 38.1 Å². The Morgan fingerprint density at radius 2 is 1.78 bits per heavy atom. The third-order valence-electron chi connectivity index (χ3n) is 2.83. The maximum absolute atomic E-state index is 12.3. The summed E-state index contributed by atoms with van der Waals surface area (Å²) in [6.07, 6.45) is 0.174. The molecular formula is C15H25N2O5P.